The van der Waals surface area contributed by atoms with Gasteiger partial charge in [0.1, 0.15) is 5.82 Å². The number of amides is 3. The van der Waals surface area contributed by atoms with Crippen LogP contribution in [0.3, 0.4) is 0 Å². The van der Waals surface area contributed by atoms with Gasteiger partial charge < -0.3 is 21.7 Å². The number of carbonyl (C=O) groups excluding carboxylic acids is 2. The number of urea groups is 1. The molecule has 0 aliphatic heterocycles. The third-order valence-corrected chi connectivity index (χ3v) is 5.02. The van der Waals surface area contributed by atoms with Crippen LogP contribution in [0.2, 0.25) is 0 Å². The van der Waals surface area contributed by atoms with Crippen LogP contribution in [0, 0.1) is 0 Å². The Morgan fingerprint density at radius 3 is 2.22 bits per heavy atom. The zero-order valence-corrected chi connectivity index (χ0v) is 17.3. The minimum atomic E-state index is -0.280. The van der Waals surface area contributed by atoms with Gasteiger partial charge in [0.2, 0.25) is 0 Å². The summed E-state index contributed by atoms with van der Waals surface area (Å²) in [5, 5.41) is 10.7. The maximum absolute atomic E-state index is 12.4. The summed E-state index contributed by atoms with van der Waals surface area (Å²) in [5.41, 5.74) is 8.61. The number of hydrogen-bond acceptors (Lipinski definition) is 4. The molecule has 1 heterocycles. The summed E-state index contributed by atoms with van der Waals surface area (Å²) < 4.78 is 0. The molecule has 5 N–H and O–H groups in total. The first kappa shape index (κ1) is 20.9. The smallest absolute Gasteiger partial charge is 0.315 e. The lowest BCUT2D eigenvalue weighted by Gasteiger charge is -2.10. The van der Waals surface area contributed by atoms with Crippen molar-refractivity contribution in [3.05, 3.63) is 102 Å². The van der Waals surface area contributed by atoms with E-state index in [0.29, 0.717) is 24.3 Å². The zero-order chi connectivity index (χ0) is 22.3. The number of anilines is 2. The van der Waals surface area contributed by atoms with Crippen LogP contribution in [-0.2, 0) is 13.1 Å². The molecule has 4 aromatic rings. The monoisotopic (exact) mass is 425 g/mol. The Hall–Kier alpha value is -4.39. The number of carbonyl (C=O) groups is 2. The Balaban J connectivity index is 1.26. The van der Waals surface area contributed by atoms with Gasteiger partial charge in [-0.25, -0.2) is 9.78 Å². The molecule has 3 amide bonds. The van der Waals surface area contributed by atoms with E-state index < -0.39 is 0 Å². The predicted molar refractivity (Wildman–Crippen MR) is 126 cm³/mol. The highest BCUT2D eigenvalue weighted by Gasteiger charge is 2.09. The number of aromatic nitrogens is 1. The van der Waals surface area contributed by atoms with E-state index in [-0.39, 0.29) is 17.8 Å². The average Bonchev–Trinajstić information content (AvgIpc) is 2.83. The first-order valence-electron chi connectivity index (χ1n) is 10.2. The Kier molecular flexibility index (Phi) is 6.27. The van der Waals surface area contributed by atoms with Gasteiger partial charge in [-0.15, -0.1) is 0 Å². The molecule has 0 atom stereocenters. The van der Waals surface area contributed by atoms with Crippen molar-refractivity contribution in [3.8, 4) is 0 Å². The van der Waals surface area contributed by atoms with Gasteiger partial charge in [0.15, 0.2) is 0 Å². The molecule has 4 rings (SSSR count). The average molecular weight is 425 g/mol. The highest BCUT2D eigenvalue weighted by atomic mass is 16.2. The fraction of sp³-hybridized carbons (Fsp3) is 0.0800. The molecule has 0 aliphatic carbocycles. The van der Waals surface area contributed by atoms with Crippen molar-refractivity contribution < 1.29 is 9.59 Å². The summed E-state index contributed by atoms with van der Waals surface area (Å²) in [5.74, 6) is -0.0197. The second-order valence-corrected chi connectivity index (χ2v) is 7.30. The Morgan fingerprint density at radius 2 is 1.47 bits per heavy atom. The Bertz CT molecular complexity index is 1250. The summed E-state index contributed by atoms with van der Waals surface area (Å²) in [6, 6.07) is 24.4. The van der Waals surface area contributed by atoms with Crippen LogP contribution < -0.4 is 21.7 Å². The highest BCUT2D eigenvalue weighted by molar-refractivity contribution is 6.05. The van der Waals surface area contributed by atoms with Crippen molar-refractivity contribution in [2.45, 2.75) is 13.1 Å². The summed E-state index contributed by atoms with van der Waals surface area (Å²) in [4.78, 5) is 28.5. The van der Waals surface area contributed by atoms with Gasteiger partial charge in [-0.05, 0) is 52.2 Å². The van der Waals surface area contributed by atoms with Crippen LogP contribution in [0.15, 0.2) is 85.1 Å². The van der Waals surface area contributed by atoms with Crippen LogP contribution in [0.5, 0.6) is 0 Å². The summed E-state index contributed by atoms with van der Waals surface area (Å²) in [7, 11) is 0. The minimum Gasteiger partial charge on any atom is -0.382 e. The van der Waals surface area contributed by atoms with Gasteiger partial charge in [-0.1, -0.05) is 48.5 Å². The van der Waals surface area contributed by atoms with E-state index in [0.717, 1.165) is 16.5 Å². The molecule has 1 aromatic heterocycles. The second kappa shape index (κ2) is 9.61. The number of fused-ring (bicyclic) bond motifs is 1. The molecule has 3 aromatic carbocycles. The molecule has 0 spiro atoms. The fourth-order valence-corrected chi connectivity index (χ4v) is 3.27. The van der Waals surface area contributed by atoms with Gasteiger partial charge in [0.05, 0.1) is 5.69 Å². The molecule has 0 saturated heterocycles. The second-order valence-electron chi connectivity index (χ2n) is 7.30. The summed E-state index contributed by atoms with van der Waals surface area (Å²) in [6.07, 6.45) is 1.56. The van der Waals surface area contributed by atoms with E-state index in [1.54, 1.807) is 42.6 Å². The maximum atomic E-state index is 12.4. The topological polar surface area (TPSA) is 109 Å². The van der Waals surface area contributed by atoms with Gasteiger partial charge in [-0.2, -0.15) is 0 Å². The molecule has 160 valence electrons. The molecule has 7 heteroatoms. The minimum absolute atomic E-state index is 0.257. The SMILES string of the molecule is Nc1ncccc1NC(=O)c1ccc(CNC(=O)NCc2ccc3ccccc3c2)cc1. The van der Waals surface area contributed by atoms with Gasteiger partial charge >= 0.3 is 6.03 Å². The highest BCUT2D eigenvalue weighted by Crippen LogP contribution is 2.16. The van der Waals surface area contributed by atoms with E-state index in [1.807, 2.05) is 24.3 Å². The lowest BCUT2D eigenvalue weighted by atomic mass is 10.1. The van der Waals surface area contributed by atoms with Crippen molar-refractivity contribution in [3.63, 3.8) is 0 Å². The van der Waals surface area contributed by atoms with E-state index in [1.165, 1.54) is 5.39 Å². The lowest BCUT2D eigenvalue weighted by molar-refractivity contribution is 0.102. The molecule has 0 unspecified atom stereocenters. The van der Waals surface area contributed by atoms with E-state index >= 15 is 0 Å². The molecule has 32 heavy (non-hydrogen) atoms. The largest absolute Gasteiger partial charge is 0.382 e. The van der Waals surface area contributed by atoms with Crippen molar-refractivity contribution in [1.82, 2.24) is 15.6 Å². The number of nitrogens with zero attached hydrogens (tertiary/aromatic N) is 1. The normalized spacial score (nSPS) is 10.5. The quantitative estimate of drug-likeness (QED) is 0.373. The van der Waals surface area contributed by atoms with Crippen LogP contribution in [0.4, 0.5) is 16.3 Å². The van der Waals surface area contributed by atoms with Crippen molar-refractivity contribution >= 4 is 34.2 Å². The number of rotatable bonds is 6. The molecule has 0 fully saturated rings. The molecule has 0 aliphatic rings. The third-order valence-electron chi connectivity index (χ3n) is 5.02. The van der Waals surface area contributed by atoms with E-state index in [2.05, 4.69) is 39.1 Å². The molecular weight excluding hydrogens is 402 g/mol. The predicted octanol–water partition coefficient (Wildman–Crippen LogP) is 4.07. The van der Waals surface area contributed by atoms with Crippen LogP contribution >= 0.6 is 0 Å². The lowest BCUT2D eigenvalue weighted by Crippen LogP contribution is -2.34. The van der Waals surface area contributed by atoms with Crippen molar-refractivity contribution in [2.24, 2.45) is 0 Å². The van der Waals surface area contributed by atoms with Crippen LogP contribution in [0.1, 0.15) is 21.5 Å². The van der Waals surface area contributed by atoms with Crippen molar-refractivity contribution in [1.29, 1.82) is 0 Å². The number of nitrogen functional groups attached to an aromatic ring is 1. The number of benzene rings is 3. The first-order chi connectivity index (χ1) is 15.6. The molecular formula is C25H23N5O2. The number of nitrogens with one attached hydrogen (secondary N) is 3. The molecule has 0 bridgehead atoms. The molecule has 0 saturated carbocycles. The van der Waals surface area contributed by atoms with E-state index in [9.17, 15) is 9.59 Å². The molecule has 0 radical (unpaired) electrons. The van der Waals surface area contributed by atoms with Crippen molar-refractivity contribution in [2.75, 3.05) is 11.1 Å². The number of nitrogens with two attached hydrogens (primary N) is 1. The first-order valence-corrected chi connectivity index (χ1v) is 10.2. The summed E-state index contributed by atoms with van der Waals surface area (Å²) >= 11 is 0. The maximum Gasteiger partial charge on any atom is 0.315 e. The van der Waals surface area contributed by atoms with Gasteiger partial charge in [0.25, 0.3) is 5.91 Å². The fourth-order valence-electron chi connectivity index (χ4n) is 3.27. The number of hydrogen-bond donors (Lipinski definition) is 4. The Morgan fingerprint density at radius 1 is 0.781 bits per heavy atom. The van der Waals surface area contributed by atoms with Crippen LogP contribution in [-0.4, -0.2) is 16.9 Å². The standard InChI is InChI=1S/C25H23N5O2/c26-23-22(6-3-13-27-23)30-24(31)20-11-7-17(8-12-20)15-28-25(32)29-16-18-9-10-19-4-1-2-5-21(19)14-18/h1-14H,15-16H2,(H2,26,27)(H,30,31)(H2,28,29,32). The summed E-state index contributed by atoms with van der Waals surface area (Å²) in [6.45, 7) is 0.786. The van der Waals surface area contributed by atoms with Gasteiger partial charge in [0, 0.05) is 24.8 Å². The zero-order valence-electron chi connectivity index (χ0n) is 17.3. The van der Waals surface area contributed by atoms with Gasteiger partial charge in [-0.3, -0.25) is 4.79 Å². The third kappa shape index (κ3) is 5.20. The Labute approximate surface area is 185 Å². The molecule has 7 nitrogen and oxygen atoms in total. The number of pyridine rings is 1. The van der Waals surface area contributed by atoms with E-state index in [4.69, 9.17) is 5.73 Å². The van der Waals surface area contributed by atoms with Crippen LogP contribution in [0.25, 0.3) is 10.8 Å².